The van der Waals surface area contributed by atoms with Crippen LogP contribution in [0.1, 0.15) is 15.9 Å². The van der Waals surface area contributed by atoms with Crippen molar-refractivity contribution in [2.45, 2.75) is 11.5 Å². The average molecular weight is 333 g/mol. The second-order valence-corrected chi connectivity index (χ2v) is 6.42. The molecule has 1 aromatic carbocycles. The molecular formula is C15H15N3O4S. The summed E-state index contributed by atoms with van der Waals surface area (Å²) < 4.78 is 32.9. The Kier molecular flexibility index (Phi) is 5.16. The van der Waals surface area contributed by atoms with Gasteiger partial charge in [0.25, 0.3) is 0 Å². The van der Waals surface area contributed by atoms with Gasteiger partial charge in [-0.3, -0.25) is 4.68 Å². The molecule has 120 valence electrons. The van der Waals surface area contributed by atoms with Crippen LogP contribution in [0.5, 0.6) is 0 Å². The Labute approximate surface area is 134 Å². The highest BCUT2D eigenvalue weighted by Gasteiger charge is 2.16. The van der Waals surface area contributed by atoms with Gasteiger partial charge in [-0.05, 0) is 18.2 Å². The van der Waals surface area contributed by atoms with Crippen LogP contribution in [-0.4, -0.2) is 30.7 Å². The predicted molar refractivity (Wildman–Crippen MR) is 82.8 cm³/mol. The van der Waals surface area contributed by atoms with Crippen LogP contribution in [0.4, 0.5) is 0 Å². The third-order valence-corrected chi connectivity index (χ3v) is 4.27. The lowest BCUT2D eigenvalue weighted by Gasteiger charge is -2.07. The normalized spacial score (nSPS) is 11.0. The van der Waals surface area contributed by atoms with Crippen LogP contribution in [0.15, 0.2) is 41.6 Å². The van der Waals surface area contributed by atoms with Crippen LogP contribution < -0.4 is 4.72 Å². The lowest BCUT2D eigenvalue weighted by atomic mass is 10.2. The highest BCUT2D eigenvalue weighted by atomic mass is 32.2. The zero-order chi connectivity index (χ0) is 16.9. The number of aryl methyl sites for hydroxylation is 1. The Hall–Kier alpha value is -2.63. The molecule has 8 heteroatoms. The lowest BCUT2D eigenvalue weighted by Crippen LogP contribution is -2.24. The number of benzene rings is 1. The van der Waals surface area contributed by atoms with Crippen molar-refractivity contribution in [3.05, 3.63) is 47.8 Å². The Bertz CT molecular complexity index is 850. The fraction of sp³-hybridized carbons (Fsp3) is 0.200. The number of hydrogen-bond donors (Lipinski definition) is 1. The van der Waals surface area contributed by atoms with Gasteiger partial charge in [-0.1, -0.05) is 12.0 Å². The minimum atomic E-state index is -3.76. The van der Waals surface area contributed by atoms with Gasteiger partial charge in [0.2, 0.25) is 10.0 Å². The molecule has 0 unspecified atom stereocenters. The number of carbonyl (C=O) groups is 1. The summed E-state index contributed by atoms with van der Waals surface area (Å²) >= 11 is 0. The first-order valence-electron chi connectivity index (χ1n) is 6.60. The van der Waals surface area contributed by atoms with E-state index in [2.05, 4.69) is 15.7 Å². The smallest absolute Gasteiger partial charge is 0.338 e. The monoisotopic (exact) mass is 333 g/mol. The number of sulfonamides is 1. The van der Waals surface area contributed by atoms with Gasteiger partial charge in [0, 0.05) is 18.8 Å². The van der Waals surface area contributed by atoms with Crippen LogP contribution in [-0.2, 0) is 28.4 Å². The highest BCUT2D eigenvalue weighted by molar-refractivity contribution is 7.89. The predicted octanol–water partition coefficient (Wildman–Crippen LogP) is 0.689. The molecule has 1 N–H and O–H groups in total. The molecule has 2 aromatic rings. The Balaban J connectivity index is 2.09. The van der Waals surface area contributed by atoms with E-state index >= 15 is 0 Å². The van der Waals surface area contributed by atoms with Crippen molar-refractivity contribution >= 4 is 16.0 Å². The van der Waals surface area contributed by atoms with Crippen molar-refractivity contribution in [3.63, 3.8) is 0 Å². The fourth-order valence-corrected chi connectivity index (χ4v) is 2.77. The van der Waals surface area contributed by atoms with Gasteiger partial charge in [0.1, 0.15) is 6.61 Å². The van der Waals surface area contributed by atoms with Crippen molar-refractivity contribution in [1.82, 2.24) is 14.5 Å². The average Bonchev–Trinajstić information content (AvgIpc) is 2.96. The first kappa shape index (κ1) is 16.7. The van der Waals surface area contributed by atoms with Crippen LogP contribution in [0.2, 0.25) is 0 Å². The van der Waals surface area contributed by atoms with Crippen LogP contribution in [0.25, 0.3) is 0 Å². The van der Waals surface area contributed by atoms with E-state index in [4.69, 9.17) is 11.2 Å². The maximum Gasteiger partial charge on any atom is 0.338 e. The van der Waals surface area contributed by atoms with E-state index in [-0.39, 0.29) is 23.6 Å². The molecule has 0 bridgehead atoms. The first-order chi connectivity index (χ1) is 10.9. The minimum absolute atomic E-state index is 0.0522. The van der Waals surface area contributed by atoms with Gasteiger partial charge < -0.3 is 4.74 Å². The Morgan fingerprint density at radius 2 is 2.26 bits per heavy atom. The molecule has 0 saturated heterocycles. The number of esters is 1. The third-order valence-electron chi connectivity index (χ3n) is 2.87. The second kappa shape index (κ2) is 7.09. The van der Waals surface area contributed by atoms with Gasteiger partial charge in [-0.25, -0.2) is 13.2 Å². The van der Waals surface area contributed by atoms with E-state index < -0.39 is 16.0 Å². The number of rotatable bonds is 6. The number of aromatic nitrogens is 2. The molecule has 0 atom stereocenters. The molecule has 0 amide bonds. The van der Waals surface area contributed by atoms with E-state index in [1.54, 1.807) is 24.1 Å². The topological polar surface area (TPSA) is 90.3 Å². The number of nitrogens with one attached hydrogen (secondary N) is 1. The molecule has 1 heterocycles. The maximum atomic E-state index is 12.0. The molecule has 7 nitrogen and oxygen atoms in total. The van der Waals surface area contributed by atoms with Crippen molar-refractivity contribution in [2.24, 2.45) is 7.05 Å². The summed E-state index contributed by atoms with van der Waals surface area (Å²) in [5, 5.41) is 3.96. The number of carbonyl (C=O) groups excluding carboxylic acids is 1. The van der Waals surface area contributed by atoms with E-state index in [0.717, 1.165) is 5.56 Å². The summed E-state index contributed by atoms with van der Waals surface area (Å²) in [7, 11) is -2.00. The largest absolute Gasteiger partial charge is 0.457 e. The van der Waals surface area contributed by atoms with Crippen molar-refractivity contribution in [3.8, 4) is 12.3 Å². The third kappa shape index (κ3) is 4.42. The summed E-state index contributed by atoms with van der Waals surface area (Å²) in [5.74, 6) is 1.56. The molecular weight excluding hydrogens is 318 g/mol. The van der Waals surface area contributed by atoms with Crippen LogP contribution in [0.3, 0.4) is 0 Å². The minimum Gasteiger partial charge on any atom is -0.457 e. The molecule has 23 heavy (non-hydrogen) atoms. The lowest BCUT2D eigenvalue weighted by molar-refractivity contribution is 0.0472. The van der Waals surface area contributed by atoms with Gasteiger partial charge in [-0.15, -0.1) is 6.42 Å². The number of ether oxygens (including phenoxy) is 1. The molecule has 2 rings (SSSR count). The zero-order valence-corrected chi connectivity index (χ0v) is 13.2. The van der Waals surface area contributed by atoms with Gasteiger partial charge in [0.15, 0.2) is 0 Å². The van der Waals surface area contributed by atoms with Crippen LogP contribution >= 0.6 is 0 Å². The Morgan fingerprint density at radius 3 is 2.91 bits per heavy atom. The quantitative estimate of drug-likeness (QED) is 0.620. The summed E-state index contributed by atoms with van der Waals surface area (Å²) in [5.41, 5.74) is 0.873. The van der Waals surface area contributed by atoms with E-state index in [0.29, 0.717) is 0 Å². The van der Waals surface area contributed by atoms with E-state index in [1.807, 2.05) is 0 Å². The maximum absolute atomic E-state index is 12.0. The van der Waals surface area contributed by atoms with Crippen molar-refractivity contribution in [1.29, 1.82) is 0 Å². The summed E-state index contributed by atoms with van der Waals surface area (Å²) in [6, 6.07) is 5.55. The van der Waals surface area contributed by atoms with Gasteiger partial charge in [0.05, 0.1) is 23.2 Å². The van der Waals surface area contributed by atoms with Crippen molar-refractivity contribution in [2.75, 3.05) is 6.54 Å². The highest BCUT2D eigenvalue weighted by Crippen LogP contribution is 2.13. The molecule has 0 aliphatic heterocycles. The molecule has 0 aliphatic rings. The molecule has 1 aromatic heterocycles. The number of nitrogens with zero attached hydrogens (tertiary/aromatic N) is 2. The summed E-state index contributed by atoms with van der Waals surface area (Å²) in [6.07, 6.45) is 8.33. The fourth-order valence-electron chi connectivity index (χ4n) is 1.79. The van der Waals surface area contributed by atoms with Crippen LogP contribution in [0, 0.1) is 12.3 Å². The summed E-state index contributed by atoms with van der Waals surface area (Å²) in [4.78, 5) is 12.0. The molecule has 0 aliphatic carbocycles. The van der Waals surface area contributed by atoms with Crippen molar-refractivity contribution < 1.29 is 17.9 Å². The van der Waals surface area contributed by atoms with Gasteiger partial charge >= 0.3 is 5.97 Å². The molecule has 0 radical (unpaired) electrons. The number of hydrogen-bond acceptors (Lipinski definition) is 5. The zero-order valence-electron chi connectivity index (χ0n) is 12.4. The van der Waals surface area contributed by atoms with E-state index in [9.17, 15) is 13.2 Å². The Morgan fingerprint density at radius 1 is 1.48 bits per heavy atom. The molecule has 0 spiro atoms. The number of terminal acetylenes is 1. The molecule has 0 saturated carbocycles. The molecule has 0 fully saturated rings. The first-order valence-corrected chi connectivity index (χ1v) is 8.08. The van der Waals surface area contributed by atoms with Gasteiger partial charge in [-0.2, -0.15) is 9.82 Å². The summed E-state index contributed by atoms with van der Waals surface area (Å²) in [6.45, 7) is -0.0724. The SMILES string of the molecule is C#CCNS(=O)(=O)c1cccc(C(=O)OCc2cnn(C)c2)c1. The standard InChI is InChI=1S/C15H15N3O4S/c1-3-7-17-23(20,21)14-6-4-5-13(8-14)15(19)22-11-12-9-16-18(2)10-12/h1,4-6,8-10,17H,7,11H2,2H3. The van der Waals surface area contributed by atoms with E-state index in [1.165, 1.54) is 24.3 Å². The second-order valence-electron chi connectivity index (χ2n) is 4.65.